The lowest BCUT2D eigenvalue weighted by Gasteiger charge is -2.17. The Bertz CT molecular complexity index is 1300. The predicted octanol–water partition coefficient (Wildman–Crippen LogP) is 4.72. The summed E-state index contributed by atoms with van der Waals surface area (Å²) in [5.74, 6) is -2.09. The first-order chi connectivity index (χ1) is 15.3. The molecule has 5 rings (SSSR count). The molecule has 1 aliphatic rings. The van der Waals surface area contributed by atoms with Crippen LogP contribution >= 0.6 is 0 Å². The van der Waals surface area contributed by atoms with Crippen molar-refractivity contribution in [3.05, 3.63) is 48.3 Å². The first kappa shape index (κ1) is 20.4. The highest BCUT2D eigenvalue weighted by Gasteiger charge is 2.39. The van der Waals surface area contributed by atoms with E-state index in [9.17, 15) is 13.9 Å². The third-order valence-corrected chi connectivity index (χ3v) is 5.77. The summed E-state index contributed by atoms with van der Waals surface area (Å²) in [5, 5.41) is 15.7. The highest BCUT2D eigenvalue weighted by Crippen LogP contribution is 2.36. The summed E-state index contributed by atoms with van der Waals surface area (Å²) < 4.78 is 29.3. The van der Waals surface area contributed by atoms with E-state index >= 15 is 0 Å². The standard InChI is InChI=1S/C23H24F2N6O/c1-14(2)31-12-17-19(21(31)32)28-22(30-8-7-23(24,25)13-30)29-20(17)27-11-15-9-16-5-3-4-6-18(16)26-10-15/h3-6,9-10,12,14,32H,7-8,11,13H2,1-2H3,(H,27,28,29). The van der Waals surface area contributed by atoms with Crippen molar-refractivity contribution in [1.82, 2.24) is 19.5 Å². The summed E-state index contributed by atoms with van der Waals surface area (Å²) in [6, 6.07) is 9.91. The molecule has 0 radical (unpaired) electrons. The summed E-state index contributed by atoms with van der Waals surface area (Å²) >= 11 is 0. The summed E-state index contributed by atoms with van der Waals surface area (Å²) in [5.41, 5.74) is 2.21. The maximum absolute atomic E-state index is 13.8. The van der Waals surface area contributed by atoms with Gasteiger partial charge >= 0.3 is 0 Å². The van der Waals surface area contributed by atoms with E-state index in [1.54, 1.807) is 17.0 Å². The second kappa shape index (κ2) is 7.58. The zero-order valence-electron chi connectivity index (χ0n) is 17.9. The number of rotatable bonds is 5. The third kappa shape index (κ3) is 3.68. The van der Waals surface area contributed by atoms with Crippen LogP contribution in [0, 0.1) is 0 Å². The molecule has 0 unspecified atom stereocenters. The van der Waals surface area contributed by atoms with E-state index in [1.807, 2.05) is 44.2 Å². The Hall–Kier alpha value is -3.49. The number of nitrogens with zero attached hydrogens (tertiary/aromatic N) is 5. The molecule has 0 saturated carbocycles. The van der Waals surface area contributed by atoms with Crippen molar-refractivity contribution in [2.24, 2.45) is 0 Å². The van der Waals surface area contributed by atoms with Gasteiger partial charge < -0.3 is 19.9 Å². The van der Waals surface area contributed by atoms with Gasteiger partial charge in [-0.3, -0.25) is 4.98 Å². The predicted molar refractivity (Wildman–Crippen MR) is 120 cm³/mol. The maximum atomic E-state index is 13.8. The molecular formula is C23H24F2N6O. The first-order valence-corrected chi connectivity index (χ1v) is 10.6. The van der Waals surface area contributed by atoms with Gasteiger partial charge in [0.2, 0.25) is 11.8 Å². The monoisotopic (exact) mass is 438 g/mol. The second-order valence-electron chi connectivity index (χ2n) is 8.51. The second-order valence-corrected chi connectivity index (χ2v) is 8.51. The topological polar surface area (TPSA) is 79.1 Å². The van der Waals surface area contributed by atoms with Crippen molar-refractivity contribution in [2.45, 2.75) is 38.8 Å². The molecule has 0 atom stereocenters. The van der Waals surface area contributed by atoms with Gasteiger partial charge in [0.15, 0.2) is 0 Å². The highest BCUT2D eigenvalue weighted by atomic mass is 19.3. The zero-order chi connectivity index (χ0) is 22.5. The van der Waals surface area contributed by atoms with Gasteiger partial charge in [0, 0.05) is 43.3 Å². The molecule has 1 fully saturated rings. The number of aromatic hydroxyl groups is 1. The van der Waals surface area contributed by atoms with Crippen LogP contribution in [0.5, 0.6) is 5.88 Å². The van der Waals surface area contributed by atoms with Gasteiger partial charge in [-0.05, 0) is 31.5 Å². The minimum absolute atomic E-state index is 0.0000268. The van der Waals surface area contributed by atoms with Gasteiger partial charge in [-0.15, -0.1) is 0 Å². The van der Waals surface area contributed by atoms with Gasteiger partial charge in [-0.25, -0.2) is 13.8 Å². The lowest BCUT2D eigenvalue weighted by molar-refractivity contribution is 0.0256. The lowest BCUT2D eigenvalue weighted by Crippen LogP contribution is -2.26. The maximum Gasteiger partial charge on any atom is 0.267 e. The fraction of sp³-hybridized carbons (Fsp3) is 0.348. The Balaban J connectivity index is 1.52. The SMILES string of the molecule is CC(C)n1cc2c(NCc3cnc4ccccc4c3)nc(N3CCC(F)(F)C3)nc2c1O. The minimum Gasteiger partial charge on any atom is -0.493 e. The molecule has 0 aliphatic carbocycles. The number of para-hydroxylation sites is 1. The van der Waals surface area contributed by atoms with Crippen molar-refractivity contribution in [2.75, 3.05) is 23.3 Å². The van der Waals surface area contributed by atoms with E-state index in [2.05, 4.69) is 20.3 Å². The molecule has 9 heteroatoms. The van der Waals surface area contributed by atoms with Crippen LogP contribution in [0.3, 0.4) is 0 Å². The Labute approximate surface area is 183 Å². The molecule has 166 valence electrons. The van der Waals surface area contributed by atoms with Gasteiger partial charge in [0.05, 0.1) is 17.4 Å². The number of hydrogen-bond donors (Lipinski definition) is 2. The fourth-order valence-corrected chi connectivity index (χ4v) is 4.05. The molecule has 1 aliphatic heterocycles. The zero-order valence-corrected chi connectivity index (χ0v) is 17.9. The van der Waals surface area contributed by atoms with E-state index in [4.69, 9.17) is 0 Å². The average molecular weight is 438 g/mol. The number of nitrogens with one attached hydrogen (secondary N) is 1. The smallest absolute Gasteiger partial charge is 0.267 e. The van der Waals surface area contributed by atoms with Crippen LogP contribution in [0.1, 0.15) is 31.9 Å². The van der Waals surface area contributed by atoms with Crippen LogP contribution in [-0.2, 0) is 6.54 Å². The summed E-state index contributed by atoms with van der Waals surface area (Å²) in [4.78, 5) is 15.0. The number of anilines is 2. The Morgan fingerprint density at radius 1 is 1.22 bits per heavy atom. The number of benzene rings is 1. The molecule has 32 heavy (non-hydrogen) atoms. The molecule has 4 heterocycles. The van der Waals surface area contributed by atoms with Crippen molar-refractivity contribution < 1.29 is 13.9 Å². The lowest BCUT2D eigenvalue weighted by atomic mass is 10.1. The van der Waals surface area contributed by atoms with Crippen LogP contribution in [0.4, 0.5) is 20.5 Å². The Morgan fingerprint density at radius 2 is 2.03 bits per heavy atom. The molecule has 2 N–H and O–H groups in total. The first-order valence-electron chi connectivity index (χ1n) is 10.6. The van der Waals surface area contributed by atoms with Crippen molar-refractivity contribution in [3.63, 3.8) is 0 Å². The quantitative estimate of drug-likeness (QED) is 0.469. The minimum atomic E-state index is -2.77. The van der Waals surface area contributed by atoms with Gasteiger partial charge in [-0.2, -0.15) is 4.98 Å². The molecular weight excluding hydrogens is 414 g/mol. The number of fused-ring (bicyclic) bond motifs is 2. The fourth-order valence-electron chi connectivity index (χ4n) is 4.05. The van der Waals surface area contributed by atoms with E-state index < -0.39 is 12.5 Å². The molecule has 0 amide bonds. The summed E-state index contributed by atoms with van der Waals surface area (Å²) in [7, 11) is 0. The number of halogens is 2. The van der Waals surface area contributed by atoms with Crippen LogP contribution in [0.15, 0.2) is 42.7 Å². The van der Waals surface area contributed by atoms with Crippen LogP contribution in [0.25, 0.3) is 21.8 Å². The largest absolute Gasteiger partial charge is 0.493 e. The molecule has 0 bridgehead atoms. The normalized spacial score (nSPS) is 15.8. The van der Waals surface area contributed by atoms with Gasteiger partial charge in [0.25, 0.3) is 5.92 Å². The van der Waals surface area contributed by atoms with Crippen molar-refractivity contribution in [1.29, 1.82) is 0 Å². The average Bonchev–Trinajstić information content (AvgIpc) is 3.31. The molecule has 3 aromatic heterocycles. The number of pyridine rings is 1. The number of alkyl halides is 2. The molecule has 0 spiro atoms. The highest BCUT2D eigenvalue weighted by molar-refractivity contribution is 5.94. The summed E-state index contributed by atoms with van der Waals surface area (Å²) in [6.45, 7) is 4.06. The van der Waals surface area contributed by atoms with Crippen molar-refractivity contribution >= 4 is 33.6 Å². The van der Waals surface area contributed by atoms with E-state index in [-0.39, 0.29) is 30.8 Å². The molecule has 4 aromatic rings. The Kier molecular flexibility index (Phi) is 4.83. The van der Waals surface area contributed by atoms with Crippen LogP contribution in [0.2, 0.25) is 0 Å². The van der Waals surface area contributed by atoms with Gasteiger partial charge in [0.1, 0.15) is 11.3 Å². The van der Waals surface area contributed by atoms with E-state index in [0.717, 1.165) is 16.5 Å². The van der Waals surface area contributed by atoms with Gasteiger partial charge in [-0.1, -0.05) is 18.2 Å². The van der Waals surface area contributed by atoms with Crippen molar-refractivity contribution in [3.8, 4) is 5.88 Å². The van der Waals surface area contributed by atoms with Crippen LogP contribution < -0.4 is 10.2 Å². The molecule has 7 nitrogen and oxygen atoms in total. The number of hydrogen-bond acceptors (Lipinski definition) is 6. The Morgan fingerprint density at radius 3 is 2.78 bits per heavy atom. The number of aromatic nitrogens is 4. The molecule has 1 saturated heterocycles. The van der Waals surface area contributed by atoms with E-state index in [0.29, 0.717) is 23.3 Å². The molecule has 1 aromatic carbocycles. The van der Waals surface area contributed by atoms with E-state index in [1.165, 1.54) is 4.90 Å². The summed E-state index contributed by atoms with van der Waals surface area (Å²) in [6.07, 6.45) is 3.35. The van der Waals surface area contributed by atoms with Crippen LogP contribution in [-0.4, -0.2) is 43.6 Å². The third-order valence-electron chi connectivity index (χ3n) is 5.77.